The van der Waals surface area contributed by atoms with Crippen LogP contribution in [0.5, 0.6) is 0 Å². The number of hydrogen-bond acceptors (Lipinski definition) is 6. The molecule has 2 heterocycles. The minimum Gasteiger partial charge on any atom is -0.382 e. The molecule has 2 aromatic heterocycles. The van der Waals surface area contributed by atoms with Crippen molar-refractivity contribution < 1.29 is 4.79 Å². The second-order valence-corrected chi connectivity index (χ2v) is 8.03. The summed E-state index contributed by atoms with van der Waals surface area (Å²) in [4.78, 5) is 19.4. The molecule has 182 valence electrons. The minimum absolute atomic E-state index is 0.462. The Labute approximate surface area is 202 Å². The Morgan fingerprint density at radius 2 is 1.91 bits per heavy atom. The number of pyridine rings is 1. The normalized spacial score (nSPS) is 11.7. The number of rotatable bonds is 10. The lowest BCUT2D eigenvalue weighted by Gasteiger charge is -2.09. The number of anilines is 1. The van der Waals surface area contributed by atoms with Crippen molar-refractivity contribution in [2.24, 2.45) is 5.73 Å². The summed E-state index contributed by atoms with van der Waals surface area (Å²) < 4.78 is 2.27. The van der Waals surface area contributed by atoms with E-state index in [-0.39, 0.29) is 0 Å². The smallest absolute Gasteiger partial charge is 0.152 e. The van der Waals surface area contributed by atoms with E-state index in [0.717, 1.165) is 67.1 Å². The van der Waals surface area contributed by atoms with Gasteiger partial charge in [0.25, 0.3) is 0 Å². The van der Waals surface area contributed by atoms with Crippen LogP contribution in [0.4, 0.5) is 5.82 Å². The fourth-order valence-electron chi connectivity index (χ4n) is 3.63. The van der Waals surface area contributed by atoms with E-state index in [1.165, 1.54) is 5.56 Å². The number of nitrogens with two attached hydrogens (primary N) is 2. The van der Waals surface area contributed by atoms with E-state index in [9.17, 15) is 4.79 Å². The Kier molecular flexibility index (Phi) is 11.2. The lowest BCUT2D eigenvalue weighted by molar-refractivity contribution is 0.112. The van der Waals surface area contributed by atoms with Gasteiger partial charge in [-0.3, -0.25) is 4.79 Å². The second kappa shape index (κ2) is 14.1. The predicted molar refractivity (Wildman–Crippen MR) is 143 cm³/mol. The minimum atomic E-state index is 0.462. The number of aldehydes is 1. The van der Waals surface area contributed by atoms with Crippen molar-refractivity contribution in [1.82, 2.24) is 19.9 Å². The number of carbonyl (C=O) groups excluding carboxylic acids is 1. The molecule has 0 saturated heterocycles. The van der Waals surface area contributed by atoms with Gasteiger partial charge in [0.2, 0.25) is 0 Å². The molecular weight excluding hydrogens is 424 g/mol. The zero-order valence-corrected chi connectivity index (χ0v) is 20.7. The molecule has 0 fully saturated rings. The molecule has 0 aliphatic carbocycles. The summed E-state index contributed by atoms with van der Waals surface area (Å²) in [5, 5.41) is 4.90. The summed E-state index contributed by atoms with van der Waals surface area (Å²) in [6, 6.07) is 7.46. The van der Waals surface area contributed by atoms with Crippen LogP contribution < -0.4 is 27.4 Å². The number of aromatic nitrogens is 3. The van der Waals surface area contributed by atoms with Crippen molar-refractivity contribution in [3.63, 3.8) is 0 Å². The number of fused-ring (bicyclic) bond motifs is 1. The SMILES string of the molecule is C=c1nc(N)c2nc(CCCC)n(CCNC)c2/c1=C/C=C\C.NCCc1ccc(C=O)cc1. The number of allylic oxidation sites excluding steroid dienone is 2. The number of nitrogen functional groups attached to an aromatic ring is 1. The maximum Gasteiger partial charge on any atom is 0.152 e. The van der Waals surface area contributed by atoms with Crippen LogP contribution in [0, 0.1) is 0 Å². The molecule has 7 heteroatoms. The lowest BCUT2D eigenvalue weighted by Crippen LogP contribution is -2.30. The Morgan fingerprint density at radius 1 is 1.18 bits per heavy atom. The van der Waals surface area contributed by atoms with Gasteiger partial charge in [-0.25, -0.2) is 9.97 Å². The zero-order valence-electron chi connectivity index (χ0n) is 20.7. The Balaban J connectivity index is 0.000000310. The number of unbranched alkanes of at least 4 members (excludes halogenated alkanes) is 1. The number of nitrogens with one attached hydrogen (secondary N) is 1. The van der Waals surface area contributed by atoms with E-state index in [0.29, 0.717) is 23.3 Å². The molecule has 0 atom stereocenters. The van der Waals surface area contributed by atoms with Crippen LogP contribution in [0.15, 0.2) is 36.4 Å². The first-order valence-corrected chi connectivity index (χ1v) is 11.9. The summed E-state index contributed by atoms with van der Waals surface area (Å²) in [5.41, 5.74) is 15.2. The van der Waals surface area contributed by atoms with Gasteiger partial charge in [0, 0.05) is 30.3 Å². The van der Waals surface area contributed by atoms with Gasteiger partial charge in [-0.1, -0.05) is 62.4 Å². The van der Waals surface area contributed by atoms with Gasteiger partial charge < -0.3 is 21.4 Å². The fourth-order valence-corrected chi connectivity index (χ4v) is 3.63. The molecule has 3 rings (SSSR count). The van der Waals surface area contributed by atoms with Crippen LogP contribution in [0.2, 0.25) is 0 Å². The summed E-state index contributed by atoms with van der Waals surface area (Å²) in [6.07, 6.45) is 11.0. The summed E-state index contributed by atoms with van der Waals surface area (Å²) in [5.74, 6) is 1.54. The van der Waals surface area contributed by atoms with Crippen molar-refractivity contribution in [2.75, 3.05) is 25.9 Å². The molecule has 7 nitrogen and oxygen atoms in total. The van der Waals surface area contributed by atoms with Crippen molar-refractivity contribution in [1.29, 1.82) is 0 Å². The van der Waals surface area contributed by atoms with Gasteiger partial charge in [-0.2, -0.15) is 0 Å². The van der Waals surface area contributed by atoms with Gasteiger partial charge in [0.1, 0.15) is 17.6 Å². The predicted octanol–water partition coefficient (Wildman–Crippen LogP) is 2.34. The molecule has 0 spiro atoms. The summed E-state index contributed by atoms with van der Waals surface area (Å²) in [6.45, 7) is 10.6. The topological polar surface area (TPSA) is 112 Å². The molecule has 0 radical (unpaired) electrons. The molecule has 0 unspecified atom stereocenters. The van der Waals surface area contributed by atoms with Crippen LogP contribution >= 0.6 is 0 Å². The van der Waals surface area contributed by atoms with E-state index in [2.05, 4.69) is 28.4 Å². The molecule has 0 aliphatic heterocycles. The van der Waals surface area contributed by atoms with E-state index < -0.39 is 0 Å². The molecule has 3 aromatic rings. The van der Waals surface area contributed by atoms with Gasteiger partial charge >= 0.3 is 0 Å². The number of aryl methyl sites for hydroxylation is 1. The highest BCUT2D eigenvalue weighted by atomic mass is 16.1. The number of hydrogen-bond donors (Lipinski definition) is 3. The van der Waals surface area contributed by atoms with Gasteiger partial charge in [0.15, 0.2) is 5.82 Å². The zero-order chi connectivity index (χ0) is 24.9. The van der Waals surface area contributed by atoms with Crippen LogP contribution in [-0.2, 0) is 19.4 Å². The van der Waals surface area contributed by atoms with Crippen molar-refractivity contribution in [3.05, 3.63) is 63.9 Å². The van der Waals surface area contributed by atoms with E-state index in [1.54, 1.807) is 12.1 Å². The summed E-state index contributed by atoms with van der Waals surface area (Å²) in [7, 11) is 1.96. The number of carbonyl (C=O) groups is 1. The van der Waals surface area contributed by atoms with Gasteiger partial charge in [-0.15, -0.1) is 0 Å². The van der Waals surface area contributed by atoms with Gasteiger partial charge in [-0.05, 0) is 38.9 Å². The van der Waals surface area contributed by atoms with Crippen LogP contribution in [-0.4, -0.2) is 41.0 Å². The highest BCUT2D eigenvalue weighted by Crippen LogP contribution is 2.17. The number of likely N-dealkylation sites (N-methyl/N-ethyl adjacent to an activating group) is 1. The first-order chi connectivity index (χ1) is 16.5. The van der Waals surface area contributed by atoms with Crippen LogP contribution in [0.1, 0.15) is 48.4 Å². The number of nitrogens with zero attached hydrogens (tertiary/aromatic N) is 3. The first kappa shape index (κ1) is 27.0. The average Bonchev–Trinajstić information content (AvgIpc) is 3.21. The van der Waals surface area contributed by atoms with Crippen LogP contribution in [0.25, 0.3) is 23.7 Å². The highest BCUT2D eigenvalue weighted by molar-refractivity contribution is 5.86. The van der Waals surface area contributed by atoms with Gasteiger partial charge in [0.05, 0.1) is 10.9 Å². The second-order valence-electron chi connectivity index (χ2n) is 8.03. The third-order valence-electron chi connectivity index (χ3n) is 5.45. The Hall–Kier alpha value is -3.29. The number of imidazole rings is 1. The average molecular weight is 463 g/mol. The third-order valence-corrected chi connectivity index (χ3v) is 5.45. The molecule has 34 heavy (non-hydrogen) atoms. The van der Waals surface area contributed by atoms with E-state index in [1.807, 2.05) is 44.3 Å². The summed E-state index contributed by atoms with van der Waals surface area (Å²) >= 11 is 0. The Morgan fingerprint density at radius 3 is 2.50 bits per heavy atom. The largest absolute Gasteiger partial charge is 0.382 e. The molecular formula is C27H38N6O. The molecule has 0 aliphatic rings. The highest BCUT2D eigenvalue weighted by Gasteiger charge is 2.15. The lowest BCUT2D eigenvalue weighted by atomic mass is 10.1. The molecule has 0 amide bonds. The van der Waals surface area contributed by atoms with Crippen molar-refractivity contribution in [2.45, 2.75) is 46.1 Å². The first-order valence-electron chi connectivity index (χ1n) is 11.9. The monoisotopic (exact) mass is 462 g/mol. The fraction of sp³-hybridized carbons (Fsp3) is 0.370. The molecule has 1 aromatic carbocycles. The van der Waals surface area contributed by atoms with Crippen molar-refractivity contribution >= 4 is 35.8 Å². The molecule has 5 N–H and O–H groups in total. The maximum atomic E-state index is 10.3. The van der Waals surface area contributed by atoms with Crippen LogP contribution in [0.3, 0.4) is 0 Å². The standard InChI is InChI=1S/C18H27N5.C9H11NO/c1-5-7-9-14-13(3)21-18(19)16-17(14)23(12-11-20-4)15(22-16)10-8-6-2;10-6-5-8-1-3-9(7-11)4-2-8/h5,7,9,20H,3,6,8,10-12H2,1-2,4H3,(H2,19,21);1-4,7H,5-6,10H2/b7-5-,14-9+;. The molecule has 0 saturated carbocycles. The third kappa shape index (κ3) is 7.10. The molecule has 0 bridgehead atoms. The quantitative estimate of drug-likeness (QED) is 0.399. The maximum absolute atomic E-state index is 10.3. The Bertz CT molecular complexity index is 1190. The number of benzene rings is 1. The van der Waals surface area contributed by atoms with E-state index in [4.69, 9.17) is 16.5 Å². The van der Waals surface area contributed by atoms with E-state index >= 15 is 0 Å². The van der Waals surface area contributed by atoms with Crippen molar-refractivity contribution in [3.8, 4) is 0 Å².